The highest BCUT2D eigenvalue weighted by atomic mass is 16.6. The van der Waals surface area contributed by atoms with Gasteiger partial charge in [-0.3, -0.25) is 5.32 Å². The third kappa shape index (κ3) is 5.03. The van der Waals surface area contributed by atoms with Crippen molar-refractivity contribution < 1.29 is 19.0 Å². The molecule has 0 saturated carbocycles. The monoisotopic (exact) mass is 324 g/mol. The molecule has 0 aliphatic carbocycles. The lowest BCUT2D eigenvalue weighted by Gasteiger charge is -2.26. The molecule has 0 heterocycles. The number of nitrogens with two attached hydrogens (primary N) is 1. The summed E-state index contributed by atoms with van der Waals surface area (Å²) >= 11 is 0. The topological polar surface area (TPSA) is 82.8 Å². The Bertz CT molecular complexity index is 562. The van der Waals surface area contributed by atoms with Gasteiger partial charge in [0.15, 0.2) is 11.5 Å². The zero-order valence-corrected chi connectivity index (χ0v) is 15.1. The van der Waals surface area contributed by atoms with E-state index in [9.17, 15) is 4.79 Å². The SMILES string of the molecule is COc1cc(C(C)(C)CN)cc(NC(=O)OC(C)(C)C)c1OC. The first-order valence-electron chi connectivity index (χ1n) is 7.50. The van der Waals surface area contributed by atoms with Crippen LogP contribution in [0, 0.1) is 0 Å². The molecule has 0 radical (unpaired) electrons. The van der Waals surface area contributed by atoms with Crippen molar-refractivity contribution in [2.45, 2.75) is 45.6 Å². The molecule has 0 bridgehead atoms. The smallest absolute Gasteiger partial charge is 0.412 e. The van der Waals surface area contributed by atoms with Crippen LogP contribution < -0.4 is 20.5 Å². The number of carbonyl (C=O) groups excluding carboxylic acids is 1. The van der Waals surface area contributed by atoms with Crippen molar-refractivity contribution in [2.75, 3.05) is 26.1 Å². The average Bonchev–Trinajstić information content (AvgIpc) is 2.44. The van der Waals surface area contributed by atoms with Gasteiger partial charge < -0.3 is 19.9 Å². The fourth-order valence-electron chi connectivity index (χ4n) is 1.98. The van der Waals surface area contributed by atoms with Crippen LogP contribution in [0.2, 0.25) is 0 Å². The third-order valence-corrected chi connectivity index (χ3v) is 3.41. The van der Waals surface area contributed by atoms with Crippen molar-refractivity contribution in [2.24, 2.45) is 5.73 Å². The molecule has 0 spiro atoms. The Hall–Kier alpha value is -1.95. The molecule has 6 nitrogen and oxygen atoms in total. The molecule has 6 heteroatoms. The van der Waals surface area contributed by atoms with E-state index in [0.29, 0.717) is 23.7 Å². The highest BCUT2D eigenvalue weighted by Crippen LogP contribution is 2.40. The first kappa shape index (κ1) is 19.1. The van der Waals surface area contributed by atoms with Crippen molar-refractivity contribution in [3.8, 4) is 11.5 Å². The molecule has 0 aliphatic rings. The van der Waals surface area contributed by atoms with Gasteiger partial charge in [-0.05, 0) is 38.5 Å². The summed E-state index contributed by atoms with van der Waals surface area (Å²) in [6.07, 6.45) is -0.555. The van der Waals surface area contributed by atoms with E-state index in [1.165, 1.54) is 7.11 Å². The lowest BCUT2D eigenvalue weighted by atomic mass is 9.84. The number of anilines is 1. The van der Waals surface area contributed by atoms with Gasteiger partial charge in [-0.2, -0.15) is 0 Å². The molecule has 1 rings (SSSR count). The van der Waals surface area contributed by atoms with Crippen molar-refractivity contribution in [3.63, 3.8) is 0 Å². The van der Waals surface area contributed by atoms with Gasteiger partial charge in [0.05, 0.1) is 19.9 Å². The van der Waals surface area contributed by atoms with E-state index >= 15 is 0 Å². The fraction of sp³-hybridized carbons (Fsp3) is 0.588. The van der Waals surface area contributed by atoms with Crippen LogP contribution in [0.4, 0.5) is 10.5 Å². The minimum absolute atomic E-state index is 0.274. The van der Waals surface area contributed by atoms with Crippen LogP contribution in [-0.2, 0) is 10.2 Å². The third-order valence-electron chi connectivity index (χ3n) is 3.41. The average molecular weight is 324 g/mol. The lowest BCUT2D eigenvalue weighted by Crippen LogP contribution is -2.29. The fourth-order valence-corrected chi connectivity index (χ4v) is 1.98. The Morgan fingerprint density at radius 3 is 2.17 bits per heavy atom. The molecule has 130 valence electrons. The van der Waals surface area contributed by atoms with Crippen LogP contribution in [0.15, 0.2) is 12.1 Å². The summed E-state index contributed by atoms with van der Waals surface area (Å²) in [5.41, 5.74) is 6.41. The zero-order valence-electron chi connectivity index (χ0n) is 15.1. The number of nitrogens with one attached hydrogen (secondary N) is 1. The van der Waals surface area contributed by atoms with Crippen LogP contribution in [0.25, 0.3) is 0 Å². The van der Waals surface area contributed by atoms with Gasteiger partial charge >= 0.3 is 6.09 Å². The second kappa shape index (κ2) is 7.08. The Balaban J connectivity index is 3.28. The van der Waals surface area contributed by atoms with E-state index in [1.54, 1.807) is 27.9 Å². The predicted molar refractivity (Wildman–Crippen MR) is 91.5 cm³/mol. The molecule has 0 unspecified atom stereocenters. The van der Waals surface area contributed by atoms with Gasteiger partial charge in [-0.15, -0.1) is 0 Å². The minimum Gasteiger partial charge on any atom is -0.493 e. The van der Waals surface area contributed by atoms with Crippen LogP contribution in [0.1, 0.15) is 40.2 Å². The summed E-state index contributed by atoms with van der Waals surface area (Å²) in [4.78, 5) is 12.1. The number of ether oxygens (including phenoxy) is 3. The molecule has 1 amide bonds. The molecule has 0 fully saturated rings. The quantitative estimate of drug-likeness (QED) is 0.868. The number of hydrogen-bond donors (Lipinski definition) is 2. The standard InChI is InChI=1S/C17H28N2O4/c1-16(2,3)23-15(20)19-12-8-11(17(4,5)10-18)9-13(21-6)14(12)22-7/h8-9H,10,18H2,1-7H3,(H,19,20). The number of amides is 1. The Labute approximate surface area is 138 Å². The maximum absolute atomic E-state index is 12.1. The van der Waals surface area contributed by atoms with Crippen molar-refractivity contribution >= 4 is 11.8 Å². The largest absolute Gasteiger partial charge is 0.493 e. The number of hydrogen-bond acceptors (Lipinski definition) is 5. The summed E-state index contributed by atoms with van der Waals surface area (Å²) in [5, 5.41) is 2.72. The molecule has 3 N–H and O–H groups in total. The van der Waals surface area contributed by atoms with E-state index in [-0.39, 0.29) is 5.41 Å². The molecule has 0 aromatic heterocycles. The summed E-state index contributed by atoms with van der Waals surface area (Å²) < 4.78 is 16.1. The molecular weight excluding hydrogens is 296 g/mol. The van der Waals surface area contributed by atoms with Crippen LogP contribution in [0.5, 0.6) is 11.5 Å². The Morgan fingerprint density at radius 1 is 1.13 bits per heavy atom. The summed E-state index contributed by atoms with van der Waals surface area (Å²) in [5.74, 6) is 0.965. The first-order valence-corrected chi connectivity index (χ1v) is 7.50. The molecule has 0 saturated heterocycles. The Morgan fingerprint density at radius 2 is 1.74 bits per heavy atom. The molecular formula is C17H28N2O4. The van der Waals surface area contributed by atoms with Gasteiger partial charge in [0, 0.05) is 12.0 Å². The van der Waals surface area contributed by atoms with Crippen LogP contribution >= 0.6 is 0 Å². The summed E-state index contributed by atoms with van der Waals surface area (Å²) in [6.45, 7) is 9.90. The summed E-state index contributed by atoms with van der Waals surface area (Å²) in [7, 11) is 3.07. The minimum atomic E-state index is -0.588. The van der Waals surface area contributed by atoms with E-state index in [0.717, 1.165) is 5.56 Å². The number of methoxy groups -OCH3 is 2. The van der Waals surface area contributed by atoms with Crippen LogP contribution in [0.3, 0.4) is 0 Å². The molecule has 23 heavy (non-hydrogen) atoms. The molecule has 1 aromatic rings. The normalized spacial score (nSPS) is 11.8. The second-order valence-electron chi connectivity index (χ2n) is 6.97. The van der Waals surface area contributed by atoms with Gasteiger partial charge in [0.25, 0.3) is 0 Å². The number of carbonyl (C=O) groups is 1. The maximum atomic E-state index is 12.1. The van der Waals surface area contributed by atoms with Crippen molar-refractivity contribution in [1.29, 1.82) is 0 Å². The van der Waals surface area contributed by atoms with E-state index in [4.69, 9.17) is 19.9 Å². The van der Waals surface area contributed by atoms with E-state index in [2.05, 4.69) is 5.32 Å². The molecule has 0 aliphatic heterocycles. The maximum Gasteiger partial charge on any atom is 0.412 e. The predicted octanol–water partition coefficient (Wildman–Crippen LogP) is 3.29. The van der Waals surface area contributed by atoms with Crippen molar-refractivity contribution in [3.05, 3.63) is 17.7 Å². The molecule has 0 atom stereocenters. The van der Waals surface area contributed by atoms with Crippen LogP contribution in [-0.4, -0.2) is 32.5 Å². The Kier molecular flexibility index (Phi) is 5.88. The second-order valence-corrected chi connectivity index (χ2v) is 6.97. The van der Waals surface area contributed by atoms with Gasteiger partial charge in [0.2, 0.25) is 0 Å². The van der Waals surface area contributed by atoms with Crippen molar-refractivity contribution in [1.82, 2.24) is 0 Å². The lowest BCUT2D eigenvalue weighted by molar-refractivity contribution is 0.0635. The van der Waals surface area contributed by atoms with E-state index < -0.39 is 11.7 Å². The zero-order chi connectivity index (χ0) is 17.8. The molecule has 1 aromatic carbocycles. The van der Waals surface area contributed by atoms with Gasteiger partial charge in [-0.25, -0.2) is 4.79 Å². The van der Waals surface area contributed by atoms with E-state index in [1.807, 2.05) is 26.0 Å². The highest BCUT2D eigenvalue weighted by Gasteiger charge is 2.25. The van der Waals surface area contributed by atoms with Gasteiger partial charge in [0.1, 0.15) is 5.60 Å². The highest BCUT2D eigenvalue weighted by molar-refractivity contribution is 5.88. The van der Waals surface area contributed by atoms with Gasteiger partial charge in [-0.1, -0.05) is 13.8 Å². The number of benzene rings is 1. The number of rotatable bonds is 5. The summed E-state index contributed by atoms with van der Waals surface area (Å²) in [6, 6.07) is 3.70. The first-order chi connectivity index (χ1) is 10.5.